The first-order valence-electron chi connectivity index (χ1n) is 7.30. The fourth-order valence-corrected chi connectivity index (χ4v) is 3.11. The molecule has 1 saturated heterocycles. The van der Waals surface area contributed by atoms with Crippen LogP contribution in [0.5, 0.6) is 0 Å². The van der Waals surface area contributed by atoms with Crippen LogP contribution in [0.25, 0.3) is 0 Å². The Morgan fingerprint density at radius 3 is 2.47 bits per heavy atom. The van der Waals surface area contributed by atoms with Gasteiger partial charge in [0, 0.05) is 18.6 Å². The van der Waals surface area contributed by atoms with E-state index in [1.807, 2.05) is 0 Å². The van der Waals surface area contributed by atoms with Crippen LogP contribution in [0.3, 0.4) is 0 Å². The van der Waals surface area contributed by atoms with Gasteiger partial charge in [-0.25, -0.2) is 0 Å². The molecule has 0 aromatic carbocycles. The Morgan fingerprint density at radius 1 is 1.18 bits per heavy atom. The lowest BCUT2D eigenvalue weighted by Crippen LogP contribution is -2.38. The summed E-state index contributed by atoms with van der Waals surface area (Å²) in [6.45, 7) is 8.29. The van der Waals surface area contributed by atoms with E-state index in [-0.39, 0.29) is 6.10 Å². The number of hydrogen-bond donors (Lipinski definition) is 2. The van der Waals surface area contributed by atoms with E-state index in [0.29, 0.717) is 12.1 Å². The summed E-state index contributed by atoms with van der Waals surface area (Å²) in [6.07, 6.45) is 5.60. The van der Waals surface area contributed by atoms with E-state index in [4.69, 9.17) is 0 Å². The van der Waals surface area contributed by atoms with Gasteiger partial charge in [0.25, 0.3) is 0 Å². The van der Waals surface area contributed by atoms with Gasteiger partial charge in [-0.3, -0.25) is 0 Å². The number of likely N-dealkylation sites (tertiary alicyclic amines) is 1. The molecule has 1 unspecified atom stereocenters. The normalized spacial score (nSPS) is 35.6. The van der Waals surface area contributed by atoms with E-state index in [9.17, 15) is 5.11 Å². The average Bonchev–Trinajstić information content (AvgIpc) is 2.77. The molecule has 2 aliphatic rings. The molecule has 2 N–H and O–H groups in total. The van der Waals surface area contributed by atoms with Crippen molar-refractivity contribution in [3.05, 3.63) is 0 Å². The van der Waals surface area contributed by atoms with E-state index in [1.165, 1.54) is 26.1 Å². The van der Waals surface area contributed by atoms with Gasteiger partial charge in [0.15, 0.2) is 0 Å². The third kappa shape index (κ3) is 3.94. The van der Waals surface area contributed by atoms with Gasteiger partial charge in [-0.2, -0.15) is 0 Å². The third-order valence-corrected chi connectivity index (χ3v) is 4.44. The lowest BCUT2D eigenvalue weighted by Gasteiger charge is -2.27. The highest BCUT2D eigenvalue weighted by atomic mass is 16.3. The molecule has 2 fully saturated rings. The third-order valence-electron chi connectivity index (χ3n) is 4.44. The minimum absolute atomic E-state index is 0.0315. The van der Waals surface area contributed by atoms with Gasteiger partial charge in [-0.1, -0.05) is 0 Å². The molecule has 0 aromatic rings. The maximum atomic E-state index is 9.47. The Kier molecular flexibility index (Phi) is 4.83. The fourth-order valence-electron chi connectivity index (χ4n) is 3.11. The molecule has 1 saturated carbocycles. The van der Waals surface area contributed by atoms with Crippen molar-refractivity contribution in [3.8, 4) is 0 Å². The predicted molar refractivity (Wildman–Crippen MR) is 71.1 cm³/mol. The van der Waals surface area contributed by atoms with Crippen LogP contribution >= 0.6 is 0 Å². The van der Waals surface area contributed by atoms with Crippen molar-refractivity contribution in [3.63, 3.8) is 0 Å². The minimum atomic E-state index is -0.0315. The fraction of sp³-hybridized carbons (Fsp3) is 1.00. The standard InChI is InChI=1S/C14H28N2O/c1-11(2)16-8-7-12(10-16)9-15-13-3-5-14(17)6-4-13/h11-15,17H,3-10H2,1-2H3. The Bertz CT molecular complexity index is 224. The van der Waals surface area contributed by atoms with Crippen LogP contribution in [0.2, 0.25) is 0 Å². The summed E-state index contributed by atoms with van der Waals surface area (Å²) >= 11 is 0. The SMILES string of the molecule is CC(C)N1CCC(CNC2CCC(O)CC2)C1. The zero-order chi connectivity index (χ0) is 12.3. The number of aliphatic hydroxyl groups excluding tert-OH is 1. The summed E-state index contributed by atoms with van der Waals surface area (Å²) in [5, 5.41) is 13.2. The van der Waals surface area contributed by atoms with Crippen LogP contribution in [0, 0.1) is 5.92 Å². The number of rotatable bonds is 4. The second kappa shape index (κ2) is 6.17. The molecule has 100 valence electrons. The molecule has 0 aromatic heterocycles. The molecule has 1 aliphatic carbocycles. The quantitative estimate of drug-likeness (QED) is 0.783. The second-order valence-electron chi connectivity index (χ2n) is 6.16. The van der Waals surface area contributed by atoms with Crippen molar-refractivity contribution in [1.29, 1.82) is 0 Å². The van der Waals surface area contributed by atoms with E-state index >= 15 is 0 Å². The van der Waals surface area contributed by atoms with Crippen molar-refractivity contribution in [2.75, 3.05) is 19.6 Å². The molecule has 17 heavy (non-hydrogen) atoms. The first kappa shape index (κ1) is 13.3. The van der Waals surface area contributed by atoms with Gasteiger partial charge in [0.05, 0.1) is 6.10 Å². The molecule has 0 spiro atoms. The van der Waals surface area contributed by atoms with Crippen LogP contribution in [-0.2, 0) is 0 Å². The highest BCUT2D eigenvalue weighted by Crippen LogP contribution is 2.21. The highest BCUT2D eigenvalue weighted by Gasteiger charge is 2.25. The largest absolute Gasteiger partial charge is 0.393 e. The number of nitrogens with zero attached hydrogens (tertiary/aromatic N) is 1. The van der Waals surface area contributed by atoms with Gasteiger partial charge in [0.1, 0.15) is 0 Å². The maximum Gasteiger partial charge on any atom is 0.0541 e. The van der Waals surface area contributed by atoms with Crippen LogP contribution in [0.15, 0.2) is 0 Å². The van der Waals surface area contributed by atoms with Crippen LogP contribution in [0.4, 0.5) is 0 Å². The topological polar surface area (TPSA) is 35.5 Å². The zero-order valence-electron chi connectivity index (χ0n) is 11.4. The van der Waals surface area contributed by atoms with Crippen molar-refractivity contribution in [2.24, 2.45) is 5.92 Å². The summed E-state index contributed by atoms with van der Waals surface area (Å²) in [4.78, 5) is 2.58. The Hall–Kier alpha value is -0.120. The molecule has 3 nitrogen and oxygen atoms in total. The summed E-state index contributed by atoms with van der Waals surface area (Å²) in [5.41, 5.74) is 0. The van der Waals surface area contributed by atoms with Crippen molar-refractivity contribution < 1.29 is 5.11 Å². The molecule has 1 aliphatic heterocycles. The first-order chi connectivity index (χ1) is 8.15. The Morgan fingerprint density at radius 2 is 1.88 bits per heavy atom. The van der Waals surface area contributed by atoms with E-state index in [0.717, 1.165) is 31.6 Å². The first-order valence-corrected chi connectivity index (χ1v) is 7.30. The predicted octanol–water partition coefficient (Wildman–Crippen LogP) is 1.61. The monoisotopic (exact) mass is 240 g/mol. The van der Waals surface area contributed by atoms with Crippen molar-refractivity contribution in [1.82, 2.24) is 10.2 Å². The second-order valence-corrected chi connectivity index (χ2v) is 6.16. The molecule has 1 heterocycles. The van der Waals surface area contributed by atoms with E-state index < -0.39 is 0 Å². The van der Waals surface area contributed by atoms with Crippen LogP contribution in [0.1, 0.15) is 46.0 Å². The highest BCUT2D eigenvalue weighted by molar-refractivity contribution is 4.82. The summed E-state index contributed by atoms with van der Waals surface area (Å²) in [5.74, 6) is 0.837. The molecule has 3 heteroatoms. The van der Waals surface area contributed by atoms with Crippen LogP contribution in [-0.4, -0.2) is 47.8 Å². The molecular weight excluding hydrogens is 212 g/mol. The number of aliphatic hydroxyl groups is 1. The van der Waals surface area contributed by atoms with Gasteiger partial charge >= 0.3 is 0 Å². The summed E-state index contributed by atoms with van der Waals surface area (Å²) in [6, 6.07) is 1.36. The lowest BCUT2D eigenvalue weighted by atomic mass is 9.93. The average molecular weight is 240 g/mol. The maximum absolute atomic E-state index is 9.47. The minimum Gasteiger partial charge on any atom is -0.393 e. The van der Waals surface area contributed by atoms with Crippen molar-refractivity contribution >= 4 is 0 Å². The van der Waals surface area contributed by atoms with E-state index in [2.05, 4.69) is 24.1 Å². The van der Waals surface area contributed by atoms with Gasteiger partial charge < -0.3 is 15.3 Å². The lowest BCUT2D eigenvalue weighted by molar-refractivity contribution is 0.116. The molecule has 1 atom stereocenters. The Balaban J connectivity index is 1.63. The summed E-state index contributed by atoms with van der Waals surface area (Å²) < 4.78 is 0. The van der Waals surface area contributed by atoms with Crippen molar-refractivity contribution in [2.45, 2.75) is 64.1 Å². The molecule has 0 amide bonds. The summed E-state index contributed by atoms with van der Waals surface area (Å²) in [7, 11) is 0. The zero-order valence-corrected chi connectivity index (χ0v) is 11.4. The number of nitrogens with one attached hydrogen (secondary N) is 1. The Labute approximate surface area is 106 Å². The van der Waals surface area contributed by atoms with Gasteiger partial charge in [-0.15, -0.1) is 0 Å². The molecule has 2 rings (SSSR count). The molecular formula is C14H28N2O. The smallest absolute Gasteiger partial charge is 0.0541 e. The van der Waals surface area contributed by atoms with Gasteiger partial charge in [0.2, 0.25) is 0 Å². The number of hydrogen-bond acceptors (Lipinski definition) is 3. The molecule has 0 bridgehead atoms. The van der Waals surface area contributed by atoms with Gasteiger partial charge in [-0.05, 0) is 65.0 Å². The molecule has 0 radical (unpaired) electrons. The van der Waals surface area contributed by atoms with Crippen LogP contribution < -0.4 is 5.32 Å². The van der Waals surface area contributed by atoms with E-state index in [1.54, 1.807) is 0 Å².